The van der Waals surface area contributed by atoms with Gasteiger partial charge in [-0.15, -0.1) is 22.7 Å². The molecule has 0 saturated heterocycles. The number of carboxylic acids is 1. The Balaban J connectivity index is 2.15. The van der Waals surface area contributed by atoms with Gasteiger partial charge in [-0.05, 0) is 29.8 Å². The summed E-state index contributed by atoms with van der Waals surface area (Å²) in [5.41, 5.74) is 0. The van der Waals surface area contributed by atoms with Crippen LogP contribution in [0.1, 0.15) is 16.7 Å². The Bertz CT molecular complexity index is 575. The maximum Gasteiger partial charge on any atom is 0.326 e. The number of likely N-dealkylation sites (N-methyl/N-ethyl adjacent to an activating group) is 1. The molecule has 2 aromatic rings. The van der Waals surface area contributed by atoms with Gasteiger partial charge in [0.1, 0.15) is 6.04 Å². The zero-order valence-corrected chi connectivity index (χ0v) is 14.1. The molecule has 2 amide bonds. The molecule has 0 spiro atoms. The number of urea groups is 1. The van der Waals surface area contributed by atoms with Gasteiger partial charge in [0.25, 0.3) is 0 Å². The summed E-state index contributed by atoms with van der Waals surface area (Å²) < 4.78 is 0. The summed E-state index contributed by atoms with van der Waals surface area (Å²) in [6.45, 7) is 2.46. The number of thiophene rings is 2. The van der Waals surface area contributed by atoms with Crippen molar-refractivity contribution in [2.24, 2.45) is 0 Å². The Labute approximate surface area is 137 Å². The summed E-state index contributed by atoms with van der Waals surface area (Å²) in [6.07, 6.45) is 0. The lowest BCUT2D eigenvalue weighted by Gasteiger charge is -2.29. The van der Waals surface area contributed by atoms with Gasteiger partial charge in [-0.3, -0.25) is 0 Å². The minimum absolute atomic E-state index is 0.281. The summed E-state index contributed by atoms with van der Waals surface area (Å²) in [6, 6.07) is 6.69. The molecule has 0 aliphatic heterocycles. The summed E-state index contributed by atoms with van der Waals surface area (Å²) in [7, 11) is 1.52. The highest BCUT2D eigenvalue weighted by molar-refractivity contribution is 7.10. The predicted octanol–water partition coefficient (Wildman–Crippen LogP) is 3.34. The molecule has 1 atom stereocenters. The smallest absolute Gasteiger partial charge is 0.326 e. The van der Waals surface area contributed by atoms with E-state index in [1.54, 1.807) is 27.6 Å². The largest absolute Gasteiger partial charge is 0.480 e. The van der Waals surface area contributed by atoms with Crippen LogP contribution in [0.15, 0.2) is 35.0 Å². The Hall–Kier alpha value is -1.86. The van der Waals surface area contributed by atoms with Crippen LogP contribution in [-0.2, 0) is 17.9 Å². The monoisotopic (exact) mass is 338 g/mol. The Morgan fingerprint density at radius 2 is 1.64 bits per heavy atom. The van der Waals surface area contributed by atoms with Crippen molar-refractivity contribution in [3.05, 3.63) is 44.8 Å². The molecule has 22 heavy (non-hydrogen) atoms. The third-order valence-corrected chi connectivity index (χ3v) is 5.09. The Morgan fingerprint density at radius 1 is 1.14 bits per heavy atom. The molecule has 1 unspecified atom stereocenters. The molecule has 0 fully saturated rings. The van der Waals surface area contributed by atoms with Gasteiger partial charge in [-0.25, -0.2) is 9.59 Å². The number of nitrogens with zero attached hydrogens (tertiary/aromatic N) is 2. The van der Waals surface area contributed by atoms with Crippen LogP contribution >= 0.6 is 22.7 Å². The minimum Gasteiger partial charge on any atom is -0.480 e. The van der Waals surface area contributed by atoms with Crippen molar-refractivity contribution in [3.63, 3.8) is 0 Å². The van der Waals surface area contributed by atoms with Crippen LogP contribution < -0.4 is 0 Å². The first kappa shape index (κ1) is 16.5. The van der Waals surface area contributed by atoms with Gasteiger partial charge in [0.05, 0.1) is 13.1 Å². The van der Waals surface area contributed by atoms with Crippen molar-refractivity contribution in [2.75, 3.05) is 7.05 Å². The SMILES string of the molecule is CC(C(=O)O)N(C)C(=O)N(Cc1cccs1)Cc1cccs1. The molecule has 2 heterocycles. The molecule has 5 nitrogen and oxygen atoms in total. The molecule has 0 saturated carbocycles. The van der Waals surface area contributed by atoms with E-state index in [1.807, 2.05) is 35.0 Å². The number of carbonyl (C=O) groups is 2. The van der Waals surface area contributed by atoms with Crippen LogP contribution in [0.3, 0.4) is 0 Å². The van der Waals surface area contributed by atoms with Crippen molar-refractivity contribution in [1.29, 1.82) is 0 Å². The van der Waals surface area contributed by atoms with E-state index in [4.69, 9.17) is 5.11 Å². The average molecular weight is 338 g/mol. The molecule has 0 radical (unpaired) electrons. The molecular weight excluding hydrogens is 320 g/mol. The highest BCUT2D eigenvalue weighted by atomic mass is 32.1. The third kappa shape index (κ3) is 4.08. The van der Waals surface area contributed by atoms with Crippen LogP contribution in [0.4, 0.5) is 4.79 Å². The van der Waals surface area contributed by atoms with Crippen LogP contribution in [0.25, 0.3) is 0 Å². The number of hydrogen-bond acceptors (Lipinski definition) is 4. The molecule has 7 heteroatoms. The van der Waals surface area contributed by atoms with E-state index >= 15 is 0 Å². The lowest BCUT2D eigenvalue weighted by atomic mass is 10.3. The van der Waals surface area contributed by atoms with Crippen molar-refractivity contribution in [2.45, 2.75) is 26.1 Å². The van der Waals surface area contributed by atoms with E-state index in [9.17, 15) is 9.59 Å². The predicted molar refractivity (Wildman–Crippen MR) is 88.1 cm³/mol. The maximum absolute atomic E-state index is 12.6. The Kier molecular flexibility index (Phi) is 5.57. The molecule has 0 aliphatic carbocycles. The second kappa shape index (κ2) is 7.42. The fourth-order valence-corrected chi connectivity index (χ4v) is 3.37. The second-order valence-electron chi connectivity index (χ2n) is 4.92. The van der Waals surface area contributed by atoms with Crippen LogP contribution in [0, 0.1) is 0 Å². The molecule has 0 bridgehead atoms. The zero-order valence-electron chi connectivity index (χ0n) is 12.4. The maximum atomic E-state index is 12.6. The summed E-state index contributed by atoms with van der Waals surface area (Å²) in [5.74, 6) is -1.01. The number of hydrogen-bond donors (Lipinski definition) is 1. The van der Waals surface area contributed by atoms with Crippen molar-refractivity contribution < 1.29 is 14.7 Å². The summed E-state index contributed by atoms with van der Waals surface area (Å²) in [5, 5.41) is 13.0. The van der Waals surface area contributed by atoms with Crippen molar-refractivity contribution >= 4 is 34.7 Å². The number of carboxylic acid groups (broad SMARTS) is 1. The quantitative estimate of drug-likeness (QED) is 0.879. The molecule has 0 aromatic carbocycles. The third-order valence-electron chi connectivity index (χ3n) is 3.36. The van der Waals surface area contributed by atoms with Gasteiger partial charge in [-0.1, -0.05) is 12.1 Å². The van der Waals surface area contributed by atoms with Crippen LogP contribution in [0.5, 0.6) is 0 Å². The van der Waals surface area contributed by atoms with Gasteiger partial charge in [0.15, 0.2) is 0 Å². The van der Waals surface area contributed by atoms with E-state index in [0.717, 1.165) is 9.75 Å². The molecule has 1 N–H and O–H groups in total. The van der Waals surface area contributed by atoms with Crippen molar-refractivity contribution in [1.82, 2.24) is 9.80 Å². The Morgan fingerprint density at radius 3 is 2.00 bits per heavy atom. The lowest BCUT2D eigenvalue weighted by molar-refractivity contribution is -0.141. The minimum atomic E-state index is -1.01. The first-order valence-corrected chi connectivity index (χ1v) is 8.54. The number of carbonyl (C=O) groups excluding carboxylic acids is 1. The van der Waals surface area contributed by atoms with Gasteiger partial charge in [-0.2, -0.15) is 0 Å². The van der Waals surface area contributed by atoms with Gasteiger partial charge < -0.3 is 14.9 Å². The van der Waals surface area contributed by atoms with E-state index in [-0.39, 0.29) is 6.03 Å². The topological polar surface area (TPSA) is 60.9 Å². The zero-order chi connectivity index (χ0) is 16.1. The van der Waals surface area contributed by atoms with Gasteiger partial charge in [0, 0.05) is 16.8 Å². The average Bonchev–Trinajstić information content (AvgIpc) is 3.17. The first-order chi connectivity index (χ1) is 10.5. The van der Waals surface area contributed by atoms with E-state index in [0.29, 0.717) is 13.1 Å². The molecular formula is C15H18N2O3S2. The summed E-state index contributed by atoms with van der Waals surface area (Å²) in [4.78, 5) is 28.8. The molecule has 118 valence electrons. The lowest BCUT2D eigenvalue weighted by Crippen LogP contribution is -2.47. The van der Waals surface area contributed by atoms with E-state index in [1.165, 1.54) is 18.9 Å². The van der Waals surface area contributed by atoms with E-state index in [2.05, 4.69) is 0 Å². The highest BCUT2D eigenvalue weighted by Crippen LogP contribution is 2.19. The molecule has 0 aliphatic rings. The number of rotatable bonds is 6. The normalized spacial score (nSPS) is 11.9. The fraction of sp³-hybridized carbons (Fsp3) is 0.333. The molecule has 2 rings (SSSR count). The van der Waals surface area contributed by atoms with Crippen molar-refractivity contribution in [3.8, 4) is 0 Å². The fourth-order valence-electron chi connectivity index (χ4n) is 1.93. The van der Waals surface area contributed by atoms with Crippen LogP contribution in [-0.4, -0.2) is 40.0 Å². The standard InChI is InChI=1S/C15H18N2O3S2/c1-11(14(18)19)16(2)15(20)17(9-12-5-3-7-21-12)10-13-6-4-8-22-13/h3-8,11H,9-10H2,1-2H3,(H,18,19). The number of amides is 2. The number of aliphatic carboxylic acids is 1. The summed E-state index contributed by atoms with van der Waals surface area (Å²) >= 11 is 3.16. The van der Waals surface area contributed by atoms with Crippen LogP contribution in [0.2, 0.25) is 0 Å². The van der Waals surface area contributed by atoms with Gasteiger partial charge >= 0.3 is 12.0 Å². The highest BCUT2D eigenvalue weighted by Gasteiger charge is 2.26. The second-order valence-corrected chi connectivity index (χ2v) is 6.99. The first-order valence-electron chi connectivity index (χ1n) is 6.78. The van der Waals surface area contributed by atoms with Gasteiger partial charge in [0.2, 0.25) is 0 Å². The molecule has 2 aromatic heterocycles. The van der Waals surface area contributed by atoms with E-state index < -0.39 is 12.0 Å².